The molecule has 0 radical (unpaired) electrons. The van der Waals surface area contributed by atoms with Crippen molar-refractivity contribution in [2.24, 2.45) is 10.4 Å². The van der Waals surface area contributed by atoms with E-state index < -0.39 is 0 Å². The fraction of sp³-hybridized carbons (Fsp3) is 0.739. The molecule has 1 aliphatic carbocycles. The second-order valence-corrected chi connectivity index (χ2v) is 8.84. The highest BCUT2D eigenvalue weighted by Crippen LogP contribution is 2.36. The second-order valence-electron chi connectivity index (χ2n) is 8.84. The molecule has 0 bridgehead atoms. The van der Waals surface area contributed by atoms with Crippen LogP contribution in [0.25, 0.3) is 0 Å². The highest BCUT2D eigenvalue weighted by atomic mass is 127. The number of hydrogen-bond donors (Lipinski definition) is 3. The van der Waals surface area contributed by atoms with E-state index in [0.29, 0.717) is 17.7 Å². The molecule has 1 amide bonds. The Morgan fingerprint density at radius 1 is 1.12 bits per heavy atom. The lowest BCUT2D eigenvalue weighted by Gasteiger charge is -2.42. The second kappa shape index (κ2) is 14.0. The standard InChI is InChI=1S/C23H39N5O3.HI/c1-19-7-14-31-20(19)21(29)25-10-6-11-26-22(24-2)27-17-23(8-4-3-5-9-23)18-28-12-15-30-16-13-28;/h7,14H,3-6,8-13,15-18H2,1-2H3,(H,25,29)(H2,24,26,27);1H. The minimum atomic E-state index is -0.160. The number of rotatable bonds is 9. The van der Waals surface area contributed by atoms with Gasteiger partial charge in [0.1, 0.15) is 0 Å². The first-order chi connectivity index (χ1) is 15.1. The van der Waals surface area contributed by atoms with Crippen molar-refractivity contribution in [2.45, 2.75) is 45.4 Å². The van der Waals surface area contributed by atoms with Gasteiger partial charge in [0.2, 0.25) is 0 Å². The van der Waals surface area contributed by atoms with Crippen LogP contribution in [0.15, 0.2) is 21.7 Å². The summed E-state index contributed by atoms with van der Waals surface area (Å²) in [6.45, 7) is 9.06. The number of aliphatic imine (C=N–C) groups is 1. The van der Waals surface area contributed by atoms with Gasteiger partial charge in [0.25, 0.3) is 5.91 Å². The number of aryl methyl sites for hydroxylation is 1. The summed E-state index contributed by atoms with van der Waals surface area (Å²) in [6.07, 6.45) is 8.87. The molecule has 0 aromatic carbocycles. The quantitative estimate of drug-likeness (QED) is 0.186. The number of nitrogens with zero attached hydrogens (tertiary/aromatic N) is 2. The first kappa shape index (κ1) is 26.9. The molecule has 3 N–H and O–H groups in total. The smallest absolute Gasteiger partial charge is 0.287 e. The minimum Gasteiger partial charge on any atom is -0.459 e. The third kappa shape index (κ3) is 8.22. The van der Waals surface area contributed by atoms with Crippen molar-refractivity contribution in [2.75, 3.05) is 59.5 Å². The van der Waals surface area contributed by atoms with Crippen LogP contribution < -0.4 is 16.0 Å². The van der Waals surface area contributed by atoms with Crippen molar-refractivity contribution in [3.8, 4) is 0 Å². The van der Waals surface area contributed by atoms with Crippen LogP contribution in [-0.2, 0) is 4.74 Å². The van der Waals surface area contributed by atoms with Crippen molar-refractivity contribution >= 4 is 35.8 Å². The number of nitrogens with one attached hydrogen (secondary N) is 3. The van der Waals surface area contributed by atoms with E-state index in [2.05, 4.69) is 25.8 Å². The molecule has 2 heterocycles. The molecular weight excluding hydrogens is 521 g/mol. The van der Waals surface area contributed by atoms with Gasteiger partial charge in [-0.1, -0.05) is 19.3 Å². The Hall–Kier alpha value is -1.33. The van der Waals surface area contributed by atoms with Crippen molar-refractivity contribution < 1.29 is 13.9 Å². The van der Waals surface area contributed by atoms with Crippen LogP contribution in [-0.4, -0.2) is 76.3 Å². The molecule has 1 aliphatic heterocycles. The van der Waals surface area contributed by atoms with Gasteiger partial charge >= 0.3 is 0 Å². The molecule has 0 atom stereocenters. The van der Waals surface area contributed by atoms with Crippen molar-refractivity contribution in [1.29, 1.82) is 0 Å². The molecule has 0 unspecified atom stereocenters. The van der Waals surface area contributed by atoms with Gasteiger partial charge in [-0.3, -0.25) is 14.7 Å². The molecule has 1 aromatic heterocycles. The minimum absolute atomic E-state index is 0. The first-order valence-corrected chi connectivity index (χ1v) is 11.7. The van der Waals surface area contributed by atoms with E-state index in [-0.39, 0.29) is 29.9 Å². The Morgan fingerprint density at radius 3 is 2.50 bits per heavy atom. The van der Waals surface area contributed by atoms with E-state index in [1.807, 2.05) is 14.0 Å². The summed E-state index contributed by atoms with van der Waals surface area (Å²) in [5.74, 6) is 1.07. The van der Waals surface area contributed by atoms with Gasteiger partial charge in [-0.2, -0.15) is 0 Å². The summed E-state index contributed by atoms with van der Waals surface area (Å²) in [5.41, 5.74) is 1.16. The molecular formula is C23H40IN5O3. The summed E-state index contributed by atoms with van der Waals surface area (Å²) < 4.78 is 10.8. The molecule has 8 nitrogen and oxygen atoms in total. The van der Waals surface area contributed by atoms with Crippen LogP contribution >= 0.6 is 24.0 Å². The molecule has 3 rings (SSSR count). The summed E-state index contributed by atoms with van der Waals surface area (Å²) in [7, 11) is 1.81. The lowest BCUT2D eigenvalue weighted by Crippen LogP contribution is -2.51. The number of furan rings is 1. The number of halogens is 1. The van der Waals surface area contributed by atoms with Gasteiger partial charge < -0.3 is 25.1 Å². The van der Waals surface area contributed by atoms with Crippen molar-refractivity contribution in [3.63, 3.8) is 0 Å². The maximum atomic E-state index is 12.1. The van der Waals surface area contributed by atoms with Crippen molar-refractivity contribution in [1.82, 2.24) is 20.9 Å². The summed E-state index contributed by atoms with van der Waals surface area (Å²) in [6, 6.07) is 1.80. The Balaban J connectivity index is 0.00000363. The molecule has 2 aliphatic rings. The molecule has 9 heteroatoms. The lowest BCUT2D eigenvalue weighted by molar-refractivity contribution is 0.00820. The first-order valence-electron chi connectivity index (χ1n) is 11.7. The molecule has 1 aromatic rings. The Kier molecular flexibility index (Phi) is 11.8. The Labute approximate surface area is 209 Å². The van der Waals surface area contributed by atoms with Crippen LogP contribution in [0.2, 0.25) is 0 Å². The molecule has 2 fully saturated rings. The Bertz CT molecular complexity index is 712. The van der Waals surface area contributed by atoms with E-state index >= 15 is 0 Å². The summed E-state index contributed by atoms with van der Waals surface area (Å²) in [4.78, 5) is 19.0. The fourth-order valence-electron chi connectivity index (χ4n) is 4.60. The number of carbonyl (C=O) groups is 1. The number of carbonyl (C=O) groups excluding carboxylic acids is 1. The van der Waals surface area contributed by atoms with Crippen LogP contribution in [0.3, 0.4) is 0 Å². The number of morpholine rings is 1. The third-order valence-electron chi connectivity index (χ3n) is 6.43. The normalized spacial score (nSPS) is 19.1. The van der Waals surface area contributed by atoms with Gasteiger partial charge in [0, 0.05) is 57.3 Å². The number of guanidine groups is 1. The van der Waals surface area contributed by atoms with Crippen LogP contribution in [0, 0.1) is 12.3 Å². The third-order valence-corrected chi connectivity index (χ3v) is 6.43. The zero-order chi connectivity index (χ0) is 21.9. The number of hydrogen-bond acceptors (Lipinski definition) is 5. The lowest BCUT2D eigenvalue weighted by atomic mass is 9.73. The average molecular weight is 562 g/mol. The van der Waals surface area contributed by atoms with Crippen LogP contribution in [0.5, 0.6) is 0 Å². The zero-order valence-corrected chi connectivity index (χ0v) is 21.9. The predicted molar refractivity (Wildman–Crippen MR) is 138 cm³/mol. The molecule has 0 spiro atoms. The largest absolute Gasteiger partial charge is 0.459 e. The van der Waals surface area contributed by atoms with E-state index in [4.69, 9.17) is 9.15 Å². The van der Waals surface area contributed by atoms with Gasteiger partial charge in [-0.05, 0) is 32.3 Å². The zero-order valence-electron chi connectivity index (χ0n) is 19.6. The van der Waals surface area contributed by atoms with Crippen LogP contribution in [0.1, 0.15) is 54.6 Å². The van der Waals surface area contributed by atoms with Crippen molar-refractivity contribution in [3.05, 3.63) is 23.7 Å². The fourth-order valence-corrected chi connectivity index (χ4v) is 4.60. The number of ether oxygens (including phenoxy) is 1. The monoisotopic (exact) mass is 561 g/mol. The topological polar surface area (TPSA) is 91.1 Å². The van der Waals surface area contributed by atoms with Crippen LogP contribution in [0.4, 0.5) is 0 Å². The van der Waals surface area contributed by atoms with Gasteiger partial charge in [-0.15, -0.1) is 24.0 Å². The van der Waals surface area contributed by atoms with Gasteiger partial charge in [0.05, 0.1) is 19.5 Å². The highest BCUT2D eigenvalue weighted by Gasteiger charge is 2.34. The maximum Gasteiger partial charge on any atom is 0.287 e. The molecule has 1 saturated carbocycles. The van der Waals surface area contributed by atoms with E-state index in [1.54, 1.807) is 12.3 Å². The van der Waals surface area contributed by atoms with Gasteiger partial charge in [0.15, 0.2) is 11.7 Å². The predicted octanol–water partition coefficient (Wildman–Crippen LogP) is 2.77. The highest BCUT2D eigenvalue weighted by molar-refractivity contribution is 14.0. The maximum absolute atomic E-state index is 12.1. The number of amides is 1. The molecule has 32 heavy (non-hydrogen) atoms. The Morgan fingerprint density at radius 2 is 1.84 bits per heavy atom. The molecule has 182 valence electrons. The molecule has 1 saturated heterocycles. The van der Waals surface area contributed by atoms with E-state index in [0.717, 1.165) is 63.9 Å². The average Bonchev–Trinajstić information content (AvgIpc) is 3.23. The van der Waals surface area contributed by atoms with E-state index in [1.165, 1.54) is 32.1 Å². The summed E-state index contributed by atoms with van der Waals surface area (Å²) in [5, 5.41) is 9.86. The van der Waals surface area contributed by atoms with Gasteiger partial charge in [-0.25, -0.2) is 0 Å². The van der Waals surface area contributed by atoms with E-state index in [9.17, 15) is 4.79 Å². The summed E-state index contributed by atoms with van der Waals surface area (Å²) >= 11 is 0. The SMILES string of the molecule is CN=C(NCCCNC(=O)c1occc1C)NCC1(CN2CCOCC2)CCCCC1.I.